The van der Waals surface area contributed by atoms with Crippen molar-refractivity contribution in [2.45, 2.75) is 32.3 Å². The molecule has 8 heteroatoms. The molecule has 1 amide bonds. The first-order chi connectivity index (χ1) is 12.5. The molecule has 2 aromatic rings. The number of rotatable bonds is 5. The molecule has 2 atom stereocenters. The zero-order valence-corrected chi connectivity index (χ0v) is 16.5. The highest BCUT2D eigenvalue weighted by atomic mass is 32.2. The van der Waals surface area contributed by atoms with Gasteiger partial charge in [-0.05, 0) is 53.3 Å². The van der Waals surface area contributed by atoms with Gasteiger partial charge in [0.25, 0.3) is 0 Å². The number of piperidine rings is 1. The van der Waals surface area contributed by atoms with E-state index in [2.05, 4.69) is 29.4 Å². The zero-order chi connectivity index (χ0) is 18.7. The van der Waals surface area contributed by atoms with Gasteiger partial charge in [0.15, 0.2) is 0 Å². The Balaban J connectivity index is 1.72. The van der Waals surface area contributed by atoms with Crippen LogP contribution in [0.1, 0.15) is 25.8 Å². The number of methoxy groups -OCH3 is 1. The Bertz CT molecular complexity index is 769. The van der Waals surface area contributed by atoms with Gasteiger partial charge in [0.1, 0.15) is 11.4 Å². The first-order valence-corrected chi connectivity index (χ1v) is 9.80. The Hall–Kier alpha value is -2.09. The molecule has 1 aliphatic heterocycles. The summed E-state index contributed by atoms with van der Waals surface area (Å²) < 4.78 is 7.05. The Morgan fingerprint density at radius 1 is 1.31 bits per heavy atom. The second kappa shape index (κ2) is 8.07. The number of benzene rings is 1. The van der Waals surface area contributed by atoms with E-state index in [1.165, 1.54) is 18.2 Å². The second-order valence-corrected chi connectivity index (χ2v) is 8.02. The standard InChI is InChI=1S/C18H25N5O2S/c1-12-5-6-16(25-4)15(8-12)23-18(19-20-21-23)26-11-17(24)22-9-13(2)7-14(3)10-22/h5-6,8,13-14H,7,9-11H2,1-4H3. The minimum atomic E-state index is 0.138. The highest BCUT2D eigenvalue weighted by molar-refractivity contribution is 7.99. The Morgan fingerprint density at radius 3 is 2.73 bits per heavy atom. The molecule has 1 saturated heterocycles. The quantitative estimate of drug-likeness (QED) is 0.748. The zero-order valence-electron chi connectivity index (χ0n) is 15.7. The molecule has 0 spiro atoms. The molecule has 1 aromatic heterocycles. The molecule has 0 aliphatic carbocycles. The SMILES string of the molecule is COc1ccc(C)cc1-n1nnnc1SCC(=O)N1CC(C)CC(C)C1. The lowest BCUT2D eigenvalue weighted by molar-refractivity contribution is -0.130. The van der Waals surface area contributed by atoms with E-state index in [4.69, 9.17) is 4.74 Å². The van der Waals surface area contributed by atoms with E-state index in [0.29, 0.717) is 28.5 Å². The topological polar surface area (TPSA) is 73.1 Å². The molecular formula is C18H25N5O2S. The number of hydrogen-bond acceptors (Lipinski definition) is 6. The molecule has 1 fully saturated rings. The third-order valence-corrected chi connectivity index (χ3v) is 5.45. The average Bonchev–Trinajstić information content (AvgIpc) is 3.07. The van der Waals surface area contributed by atoms with Crippen LogP contribution in [0.15, 0.2) is 23.4 Å². The largest absolute Gasteiger partial charge is 0.494 e. The fraction of sp³-hybridized carbons (Fsp3) is 0.556. The third kappa shape index (κ3) is 4.17. The van der Waals surface area contributed by atoms with Crippen molar-refractivity contribution in [2.24, 2.45) is 11.8 Å². The van der Waals surface area contributed by atoms with E-state index in [0.717, 1.165) is 24.3 Å². The molecule has 140 valence electrons. The molecular weight excluding hydrogens is 350 g/mol. The fourth-order valence-electron chi connectivity index (χ4n) is 3.47. The summed E-state index contributed by atoms with van der Waals surface area (Å²) in [4.78, 5) is 14.6. The van der Waals surface area contributed by atoms with Crippen molar-refractivity contribution < 1.29 is 9.53 Å². The van der Waals surface area contributed by atoms with Crippen LogP contribution in [0, 0.1) is 18.8 Å². The molecule has 1 aromatic carbocycles. The van der Waals surface area contributed by atoms with Gasteiger partial charge in [-0.2, -0.15) is 4.68 Å². The third-order valence-electron chi connectivity index (χ3n) is 4.55. The number of aromatic nitrogens is 4. The number of likely N-dealkylation sites (tertiary alicyclic amines) is 1. The summed E-state index contributed by atoms with van der Waals surface area (Å²) in [6, 6.07) is 5.83. The van der Waals surface area contributed by atoms with E-state index in [1.54, 1.807) is 11.8 Å². The molecule has 2 heterocycles. The molecule has 0 bridgehead atoms. The number of nitrogens with zero attached hydrogens (tertiary/aromatic N) is 5. The molecule has 2 unspecified atom stereocenters. The number of carbonyl (C=O) groups is 1. The lowest BCUT2D eigenvalue weighted by atomic mass is 9.92. The summed E-state index contributed by atoms with van der Waals surface area (Å²) in [5.74, 6) is 2.26. The molecule has 0 saturated carbocycles. The summed E-state index contributed by atoms with van der Waals surface area (Å²) in [5.41, 5.74) is 1.85. The van der Waals surface area contributed by atoms with Crippen molar-refractivity contribution in [1.29, 1.82) is 0 Å². The van der Waals surface area contributed by atoms with Crippen LogP contribution in [-0.4, -0.2) is 57.0 Å². The minimum absolute atomic E-state index is 0.138. The Kier molecular flexibility index (Phi) is 5.80. The number of ether oxygens (including phenoxy) is 1. The normalized spacial score (nSPS) is 20.2. The molecule has 26 heavy (non-hydrogen) atoms. The van der Waals surface area contributed by atoms with Crippen LogP contribution in [0.25, 0.3) is 5.69 Å². The highest BCUT2D eigenvalue weighted by Crippen LogP contribution is 2.27. The fourth-order valence-corrected chi connectivity index (χ4v) is 4.26. The second-order valence-electron chi connectivity index (χ2n) is 7.08. The maximum atomic E-state index is 12.6. The van der Waals surface area contributed by atoms with Crippen molar-refractivity contribution in [1.82, 2.24) is 25.1 Å². The van der Waals surface area contributed by atoms with Crippen LogP contribution in [0.2, 0.25) is 0 Å². The molecule has 0 radical (unpaired) electrons. The number of tetrazole rings is 1. The number of amides is 1. The van der Waals surface area contributed by atoms with E-state index in [-0.39, 0.29) is 5.91 Å². The van der Waals surface area contributed by atoms with Gasteiger partial charge in [-0.3, -0.25) is 4.79 Å². The summed E-state index contributed by atoms with van der Waals surface area (Å²) in [6.07, 6.45) is 1.18. The number of aryl methyl sites for hydroxylation is 1. The van der Waals surface area contributed by atoms with Crippen LogP contribution in [0.5, 0.6) is 5.75 Å². The van der Waals surface area contributed by atoms with Gasteiger partial charge in [0.2, 0.25) is 11.1 Å². The van der Waals surface area contributed by atoms with Gasteiger partial charge in [-0.15, -0.1) is 5.10 Å². The van der Waals surface area contributed by atoms with E-state index >= 15 is 0 Å². The van der Waals surface area contributed by atoms with E-state index in [1.807, 2.05) is 30.0 Å². The average molecular weight is 375 g/mol. The summed E-state index contributed by atoms with van der Waals surface area (Å²) in [7, 11) is 1.62. The van der Waals surface area contributed by atoms with Crippen LogP contribution >= 0.6 is 11.8 Å². The van der Waals surface area contributed by atoms with Gasteiger partial charge in [-0.1, -0.05) is 31.7 Å². The monoisotopic (exact) mass is 375 g/mol. The van der Waals surface area contributed by atoms with Gasteiger partial charge in [0, 0.05) is 13.1 Å². The van der Waals surface area contributed by atoms with E-state index in [9.17, 15) is 4.79 Å². The molecule has 3 rings (SSSR count). The lowest BCUT2D eigenvalue weighted by Gasteiger charge is -2.34. The van der Waals surface area contributed by atoms with Crippen molar-refractivity contribution in [3.05, 3.63) is 23.8 Å². The van der Waals surface area contributed by atoms with Crippen LogP contribution < -0.4 is 4.74 Å². The predicted octanol–water partition coefficient (Wildman–Crippen LogP) is 2.58. The Morgan fingerprint density at radius 2 is 2.04 bits per heavy atom. The number of thioether (sulfide) groups is 1. The van der Waals surface area contributed by atoms with Crippen molar-refractivity contribution in [3.63, 3.8) is 0 Å². The minimum Gasteiger partial charge on any atom is -0.494 e. The summed E-state index contributed by atoms with van der Waals surface area (Å²) >= 11 is 1.36. The number of carbonyl (C=O) groups excluding carboxylic acids is 1. The van der Waals surface area contributed by atoms with Gasteiger partial charge >= 0.3 is 0 Å². The molecule has 7 nitrogen and oxygen atoms in total. The van der Waals surface area contributed by atoms with Gasteiger partial charge in [-0.25, -0.2) is 0 Å². The van der Waals surface area contributed by atoms with E-state index < -0.39 is 0 Å². The highest BCUT2D eigenvalue weighted by Gasteiger charge is 2.26. The first kappa shape index (κ1) is 18.7. The predicted molar refractivity (Wildman–Crippen MR) is 101 cm³/mol. The molecule has 1 aliphatic rings. The van der Waals surface area contributed by atoms with Crippen LogP contribution in [0.3, 0.4) is 0 Å². The van der Waals surface area contributed by atoms with Crippen molar-refractivity contribution in [3.8, 4) is 11.4 Å². The lowest BCUT2D eigenvalue weighted by Crippen LogP contribution is -2.43. The van der Waals surface area contributed by atoms with Gasteiger partial charge in [0.05, 0.1) is 12.9 Å². The molecule has 0 N–H and O–H groups in total. The maximum absolute atomic E-state index is 12.6. The summed E-state index contributed by atoms with van der Waals surface area (Å²) in [6.45, 7) is 8.07. The van der Waals surface area contributed by atoms with Crippen LogP contribution in [-0.2, 0) is 4.79 Å². The summed E-state index contributed by atoms with van der Waals surface area (Å²) in [5, 5.41) is 12.5. The van der Waals surface area contributed by atoms with Crippen molar-refractivity contribution in [2.75, 3.05) is 26.0 Å². The number of hydrogen-bond donors (Lipinski definition) is 0. The maximum Gasteiger partial charge on any atom is 0.233 e. The smallest absolute Gasteiger partial charge is 0.233 e. The first-order valence-electron chi connectivity index (χ1n) is 8.82. The van der Waals surface area contributed by atoms with Gasteiger partial charge < -0.3 is 9.64 Å². The van der Waals surface area contributed by atoms with Crippen LogP contribution in [0.4, 0.5) is 0 Å². The Labute approximate surface area is 158 Å². The van der Waals surface area contributed by atoms with Crippen molar-refractivity contribution >= 4 is 17.7 Å².